The van der Waals surface area contributed by atoms with Gasteiger partial charge in [0.1, 0.15) is 0 Å². The number of piperazine rings is 1. The summed E-state index contributed by atoms with van der Waals surface area (Å²) in [5.41, 5.74) is 0.786. The summed E-state index contributed by atoms with van der Waals surface area (Å²) in [5, 5.41) is 3.93. The lowest BCUT2D eigenvalue weighted by Crippen LogP contribution is -2.69. The monoisotopic (exact) mass is 266 g/mol. The van der Waals surface area contributed by atoms with E-state index in [-0.39, 0.29) is 0 Å². The topological polar surface area (TPSA) is 15.3 Å². The summed E-state index contributed by atoms with van der Waals surface area (Å²) in [6, 6.07) is 0. The molecule has 1 saturated carbocycles. The second-order valence-corrected chi connectivity index (χ2v) is 7.58. The van der Waals surface area contributed by atoms with Gasteiger partial charge in [-0.1, -0.05) is 27.7 Å². The predicted molar refractivity (Wildman–Crippen MR) is 83.5 cm³/mol. The molecule has 1 atom stereocenters. The van der Waals surface area contributed by atoms with Crippen LogP contribution in [0.4, 0.5) is 0 Å². The SMILES string of the molecule is CCC1(CC)CNC(C)(C2CC2)CN1CCC(C)C. The first kappa shape index (κ1) is 15.3. The van der Waals surface area contributed by atoms with E-state index in [1.807, 2.05) is 0 Å². The molecular formula is C17H34N2. The number of nitrogens with one attached hydrogen (secondary N) is 1. The number of hydrogen-bond donors (Lipinski definition) is 1. The lowest BCUT2D eigenvalue weighted by atomic mass is 9.81. The first-order valence-electron chi connectivity index (χ1n) is 8.46. The summed E-state index contributed by atoms with van der Waals surface area (Å²) in [6.45, 7) is 15.6. The van der Waals surface area contributed by atoms with Crippen LogP contribution in [0.15, 0.2) is 0 Å². The molecule has 2 nitrogen and oxygen atoms in total. The van der Waals surface area contributed by atoms with E-state index in [2.05, 4.69) is 44.8 Å². The van der Waals surface area contributed by atoms with E-state index >= 15 is 0 Å². The predicted octanol–water partition coefficient (Wildman–Crippen LogP) is 3.67. The largest absolute Gasteiger partial charge is 0.308 e. The number of hydrogen-bond acceptors (Lipinski definition) is 2. The molecule has 1 N–H and O–H groups in total. The number of nitrogens with zero attached hydrogens (tertiary/aromatic N) is 1. The van der Waals surface area contributed by atoms with Gasteiger partial charge in [0.2, 0.25) is 0 Å². The minimum Gasteiger partial charge on any atom is -0.308 e. The van der Waals surface area contributed by atoms with E-state index in [4.69, 9.17) is 0 Å². The van der Waals surface area contributed by atoms with Crippen molar-refractivity contribution in [3.8, 4) is 0 Å². The highest BCUT2D eigenvalue weighted by Crippen LogP contribution is 2.43. The molecule has 1 saturated heterocycles. The molecular weight excluding hydrogens is 232 g/mol. The van der Waals surface area contributed by atoms with Crippen LogP contribution >= 0.6 is 0 Å². The minimum absolute atomic E-state index is 0.380. The standard InChI is InChI=1S/C17H34N2/c1-6-17(7-2)12-18-16(5,15-8-9-15)13-19(17)11-10-14(3)4/h14-15,18H,6-13H2,1-5H3. The summed E-state index contributed by atoms with van der Waals surface area (Å²) in [6.07, 6.45) is 6.76. The molecule has 0 aromatic heterocycles. The molecule has 1 aliphatic heterocycles. The van der Waals surface area contributed by atoms with Gasteiger partial charge >= 0.3 is 0 Å². The third-order valence-electron chi connectivity index (χ3n) is 5.78. The first-order valence-corrected chi connectivity index (χ1v) is 8.46. The van der Waals surface area contributed by atoms with Gasteiger partial charge in [0.15, 0.2) is 0 Å². The average Bonchev–Trinajstić information content (AvgIpc) is 3.22. The maximum atomic E-state index is 3.93. The molecule has 2 heteroatoms. The fourth-order valence-electron chi connectivity index (χ4n) is 3.77. The van der Waals surface area contributed by atoms with Gasteiger partial charge in [0.05, 0.1) is 0 Å². The Morgan fingerprint density at radius 2 is 1.84 bits per heavy atom. The Hall–Kier alpha value is -0.0800. The molecule has 0 aromatic rings. The van der Waals surface area contributed by atoms with Gasteiger partial charge in [-0.3, -0.25) is 4.90 Å². The van der Waals surface area contributed by atoms with E-state index in [0.29, 0.717) is 11.1 Å². The van der Waals surface area contributed by atoms with Crippen LogP contribution in [0.3, 0.4) is 0 Å². The van der Waals surface area contributed by atoms with Crippen molar-refractivity contribution in [2.24, 2.45) is 11.8 Å². The van der Waals surface area contributed by atoms with E-state index in [0.717, 1.165) is 11.8 Å². The maximum absolute atomic E-state index is 3.93. The van der Waals surface area contributed by atoms with Gasteiger partial charge in [0.25, 0.3) is 0 Å². The Morgan fingerprint density at radius 3 is 2.32 bits per heavy atom. The lowest BCUT2D eigenvalue weighted by Gasteiger charge is -2.54. The maximum Gasteiger partial charge on any atom is 0.0329 e. The smallest absolute Gasteiger partial charge is 0.0329 e. The van der Waals surface area contributed by atoms with Crippen molar-refractivity contribution in [1.29, 1.82) is 0 Å². The second kappa shape index (κ2) is 5.73. The summed E-state index contributed by atoms with van der Waals surface area (Å²) in [7, 11) is 0. The Kier molecular flexibility index (Phi) is 4.62. The summed E-state index contributed by atoms with van der Waals surface area (Å²) < 4.78 is 0. The van der Waals surface area contributed by atoms with E-state index in [9.17, 15) is 0 Å². The zero-order chi connectivity index (χ0) is 14.1. The van der Waals surface area contributed by atoms with Gasteiger partial charge in [-0.25, -0.2) is 0 Å². The zero-order valence-corrected chi connectivity index (χ0v) is 13.8. The van der Waals surface area contributed by atoms with Crippen molar-refractivity contribution >= 4 is 0 Å². The molecule has 1 heterocycles. The van der Waals surface area contributed by atoms with Crippen LogP contribution in [0.5, 0.6) is 0 Å². The van der Waals surface area contributed by atoms with Crippen LogP contribution in [-0.4, -0.2) is 35.6 Å². The van der Waals surface area contributed by atoms with Crippen molar-refractivity contribution in [3.63, 3.8) is 0 Å². The van der Waals surface area contributed by atoms with Crippen LogP contribution in [-0.2, 0) is 0 Å². The van der Waals surface area contributed by atoms with Gasteiger partial charge in [0, 0.05) is 24.2 Å². The summed E-state index contributed by atoms with van der Waals surface area (Å²) >= 11 is 0. The van der Waals surface area contributed by atoms with E-state index in [1.165, 1.54) is 51.7 Å². The van der Waals surface area contributed by atoms with Crippen LogP contribution < -0.4 is 5.32 Å². The molecule has 0 bridgehead atoms. The normalized spacial score (nSPS) is 31.9. The van der Waals surface area contributed by atoms with Crippen molar-refractivity contribution in [2.45, 2.75) is 77.8 Å². The molecule has 2 aliphatic rings. The molecule has 0 radical (unpaired) electrons. The molecule has 0 spiro atoms. The van der Waals surface area contributed by atoms with Crippen molar-refractivity contribution < 1.29 is 0 Å². The van der Waals surface area contributed by atoms with E-state index in [1.54, 1.807) is 0 Å². The third kappa shape index (κ3) is 3.16. The van der Waals surface area contributed by atoms with Crippen molar-refractivity contribution in [1.82, 2.24) is 10.2 Å². The molecule has 2 rings (SSSR count). The van der Waals surface area contributed by atoms with Gasteiger partial charge in [-0.15, -0.1) is 0 Å². The molecule has 19 heavy (non-hydrogen) atoms. The van der Waals surface area contributed by atoms with Crippen molar-refractivity contribution in [3.05, 3.63) is 0 Å². The Balaban J connectivity index is 2.08. The Bertz CT molecular complexity index is 292. The zero-order valence-electron chi connectivity index (χ0n) is 13.8. The summed E-state index contributed by atoms with van der Waals surface area (Å²) in [4.78, 5) is 2.84. The fraction of sp³-hybridized carbons (Fsp3) is 1.00. The molecule has 1 aliphatic carbocycles. The third-order valence-corrected chi connectivity index (χ3v) is 5.78. The highest BCUT2D eigenvalue weighted by atomic mass is 15.3. The fourth-order valence-corrected chi connectivity index (χ4v) is 3.77. The van der Waals surface area contributed by atoms with Crippen LogP contribution in [0.2, 0.25) is 0 Å². The molecule has 2 fully saturated rings. The average molecular weight is 266 g/mol. The second-order valence-electron chi connectivity index (χ2n) is 7.58. The van der Waals surface area contributed by atoms with Crippen molar-refractivity contribution in [2.75, 3.05) is 19.6 Å². The molecule has 112 valence electrons. The van der Waals surface area contributed by atoms with Crippen LogP contribution in [0, 0.1) is 11.8 Å². The quantitative estimate of drug-likeness (QED) is 0.789. The molecule has 0 amide bonds. The number of rotatable bonds is 6. The van der Waals surface area contributed by atoms with Gasteiger partial charge in [-0.05, 0) is 57.4 Å². The van der Waals surface area contributed by atoms with E-state index < -0.39 is 0 Å². The van der Waals surface area contributed by atoms with Crippen LogP contribution in [0.1, 0.15) is 66.7 Å². The lowest BCUT2D eigenvalue weighted by molar-refractivity contribution is -0.00606. The highest BCUT2D eigenvalue weighted by molar-refractivity contribution is 5.08. The van der Waals surface area contributed by atoms with Gasteiger partial charge in [-0.2, -0.15) is 0 Å². The molecule has 1 unspecified atom stereocenters. The van der Waals surface area contributed by atoms with Crippen LogP contribution in [0.25, 0.3) is 0 Å². The highest BCUT2D eigenvalue weighted by Gasteiger charge is 2.49. The minimum atomic E-state index is 0.380. The summed E-state index contributed by atoms with van der Waals surface area (Å²) in [5.74, 6) is 1.74. The Morgan fingerprint density at radius 1 is 1.21 bits per heavy atom. The first-order chi connectivity index (χ1) is 8.96. The molecule has 0 aromatic carbocycles. The Labute approximate surface area is 120 Å². The van der Waals surface area contributed by atoms with Gasteiger partial charge < -0.3 is 5.32 Å².